The van der Waals surface area contributed by atoms with Crippen LogP contribution in [0.25, 0.3) is 0 Å². The van der Waals surface area contributed by atoms with Crippen LogP contribution in [0.4, 0.5) is 4.79 Å². The summed E-state index contributed by atoms with van der Waals surface area (Å²) in [5, 5.41) is 0.341. The Morgan fingerprint density at radius 1 is 1.35 bits per heavy atom. The van der Waals surface area contributed by atoms with Crippen LogP contribution in [0, 0.1) is 0 Å². The summed E-state index contributed by atoms with van der Waals surface area (Å²) >= 11 is 3.29. The van der Waals surface area contributed by atoms with E-state index in [1.165, 1.54) is 0 Å². The van der Waals surface area contributed by atoms with Crippen LogP contribution in [0.5, 0.6) is 0 Å². The topological polar surface area (TPSA) is 84.5 Å². The van der Waals surface area contributed by atoms with Crippen molar-refractivity contribution in [1.82, 2.24) is 9.44 Å². The summed E-state index contributed by atoms with van der Waals surface area (Å²) in [6, 6.07) is 9.05. The molecule has 0 heterocycles. The number of ether oxygens (including phenoxy) is 1. The van der Waals surface area contributed by atoms with Crippen molar-refractivity contribution in [3.05, 3.63) is 35.9 Å². The summed E-state index contributed by atoms with van der Waals surface area (Å²) in [5.74, 6) is 0. The Morgan fingerprint density at radius 2 is 1.95 bits per heavy atom. The van der Waals surface area contributed by atoms with E-state index in [-0.39, 0.29) is 6.61 Å². The second kappa shape index (κ2) is 7.05. The van der Waals surface area contributed by atoms with Crippen LogP contribution >= 0.6 is 15.9 Å². The molecule has 2 N–H and O–H groups in total. The number of hydrogen-bond donors (Lipinski definition) is 2. The van der Waals surface area contributed by atoms with Gasteiger partial charge in [-0.15, -0.1) is 0 Å². The van der Waals surface area contributed by atoms with Gasteiger partial charge >= 0.3 is 16.3 Å². The summed E-state index contributed by atoms with van der Waals surface area (Å²) in [4.78, 5) is 11.2. The molecule has 0 saturated heterocycles. The van der Waals surface area contributed by atoms with E-state index in [2.05, 4.69) is 25.4 Å². The van der Waals surface area contributed by atoms with Gasteiger partial charge in [-0.05, 0) is 19.4 Å². The molecule has 8 heteroatoms. The maximum absolute atomic E-state index is 11.9. The Hall–Kier alpha value is -1.12. The van der Waals surface area contributed by atoms with Crippen molar-refractivity contribution < 1.29 is 17.9 Å². The third-order valence-electron chi connectivity index (χ3n) is 2.53. The van der Waals surface area contributed by atoms with E-state index in [0.717, 1.165) is 5.56 Å². The highest BCUT2D eigenvalue weighted by Crippen LogP contribution is 2.23. The fraction of sp³-hybridized carbons (Fsp3) is 0.417. The van der Waals surface area contributed by atoms with Crippen molar-refractivity contribution in [2.75, 3.05) is 11.9 Å². The molecule has 1 aromatic rings. The molecule has 1 atom stereocenters. The van der Waals surface area contributed by atoms with Crippen LogP contribution < -0.4 is 9.44 Å². The lowest BCUT2D eigenvalue weighted by Gasteiger charge is -2.28. The zero-order valence-electron chi connectivity index (χ0n) is 11.2. The molecule has 0 aliphatic carbocycles. The molecule has 0 spiro atoms. The number of carbonyl (C=O) groups excluding carboxylic acids is 1. The van der Waals surface area contributed by atoms with Gasteiger partial charge < -0.3 is 4.74 Å². The molecule has 112 valence electrons. The number of hydrogen-bond acceptors (Lipinski definition) is 4. The molecule has 6 nitrogen and oxygen atoms in total. The molecular weight excluding hydrogens is 348 g/mol. The van der Waals surface area contributed by atoms with Gasteiger partial charge in [0.15, 0.2) is 0 Å². The first-order valence-corrected chi connectivity index (χ1v) is 8.53. The van der Waals surface area contributed by atoms with Gasteiger partial charge in [-0.25, -0.2) is 9.52 Å². The highest BCUT2D eigenvalue weighted by atomic mass is 79.9. The Morgan fingerprint density at radius 3 is 2.45 bits per heavy atom. The number of benzene rings is 1. The lowest BCUT2D eigenvalue weighted by atomic mass is 9.96. The fourth-order valence-corrected chi connectivity index (χ4v) is 3.32. The van der Waals surface area contributed by atoms with Crippen molar-refractivity contribution in [2.24, 2.45) is 0 Å². The van der Waals surface area contributed by atoms with Gasteiger partial charge in [0.25, 0.3) is 0 Å². The van der Waals surface area contributed by atoms with Crippen LogP contribution in [0.1, 0.15) is 19.4 Å². The molecule has 1 rings (SSSR count). The van der Waals surface area contributed by atoms with E-state index < -0.39 is 21.8 Å². The van der Waals surface area contributed by atoms with Crippen LogP contribution in [0.2, 0.25) is 0 Å². The van der Waals surface area contributed by atoms with Gasteiger partial charge in [0.1, 0.15) is 0 Å². The van der Waals surface area contributed by atoms with E-state index in [0.29, 0.717) is 5.33 Å². The average Bonchev–Trinajstić information content (AvgIpc) is 2.38. The Bertz CT molecular complexity index is 550. The van der Waals surface area contributed by atoms with E-state index in [9.17, 15) is 13.2 Å². The van der Waals surface area contributed by atoms with Crippen molar-refractivity contribution >= 4 is 32.2 Å². The standard InChI is InChI=1S/C12H17BrN2O4S/c1-3-19-11(16)14-20(17,18)15-12(2,9-13)10-7-5-4-6-8-10/h4-8,15H,3,9H2,1-2H3,(H,14,16). The minimum atomic E-state index is -4.03. The van der Waals surface area contributed by atoms with E-state index in [1.807, 2.05) is 18.2 Å². The zero-order chi connectivity index (χ0) is 15.2. The molecule has 0 aliphatic heterocycles. The average molecular weight is 365 g/mol. The summed E-state index contributed by atoms with van der Waals surface area (Å²) in [7, 11) is -4.03. The highest BCUT2D eigenvalue weighted by molar-refractivity contribution is 9.09. The van der Waals surface area contributed by atoms with E-state index >= 15 is 0 Å². The minimum Gasteiger partial charge on any atom is -0.449 e. The third kappa shape index (κ3) is 4.77. The first-order valence-electron chi connectivity index (χ1n) is 5.93. The maximum Gasteiger partial charge on any atom is 0.421 e. The Kier molecular flexibility index (Phi) is 5.97. The molecular formula is C12H17BrN2O4S. The predicted molar refractivity (Wildman–Crippen MR) is 79.8 cm³/mol. The van der Waals surface area contributed by atoms with Crippen molar-refractivity contribution in [2.45, 2.75) is 19.4 Å². The molecule has 1 amide bonds. The SMILES string of the molecule is CCOC(=O)NS(=O)(=O)NC(C)(CBr)c1ccccc1. The number of amides is 1. The van der Waals surface area contributed by atoms with Crippen LogP contribution in [0.3, 0.4) is 0 Å². The van der Waals surface area contributed by atoms with E-state index in [1.54, 1.807) is 30.7 Å². The monoisotopic (exact) mass is 364 g/mol. The quantitative estimate of drug-likeness (QED) is 0.754. The molecule has 0 saturated carbocycles. The normalized spacial score (nSPS) is 14.3. The van der Waals surface area contributed by atoms with Gasteiger partial charge in [-0.2, -0.15) is 13.1 Å². The smallest absolute Gasteiger partial charge is 0.421 e. The number of alkyl halides is 1. The Labute approximate surface area is 127 Å². The molecule has 0 aromatic heterocycles. The Balaban J connectivity index is 2.90. The summed E-state index contributed by atoms with van der Waals surface area (Å²) < 4.78 is 32.6. The number of carbonyl (C=O) groups is 1. The largest absolute Gasteiger partial charge is 0.449 e. The molecule has 1 aromatic carbocycles. The molecule has 0 bridgehead atoms. The van der Waals surface area contributed by atoms with Crippen LogP contribution in [-0.4, -0.2) is 26.4 Å². The number of halogens is 1. The first kappa shape index (κ1) is 16.9. The second-order valence-corrected chi connectivity index (χ2v) is 6.24. The summed E-state index contributed by atoms with van der Waals surface area (Å²) in [6.45, 7) is 3.39. The molecule has 0 fully saturated rings. The lowest BCUT2D eigenvalue weighted by molar-refractivity contribution is 0.158. The van der Waals surface area contributed by atoms with Gasteiger partial charge in [-0.3, -0.25) is 0 Å². The van der Waals surface area contributed by atoms with E-state index in [4.69, 9.17) is 0 Å². The zero-order valence-corrected chi connectivity index (χ0v) is 13.6. The van der Waals surface area contributed by atoms with Crippen LogP contribution in [-0.2, 0) is 20.5 Å². The van der Waals surface area contributed by atoms with Gasteiger partial charge in [-0.1, -0.05) is 46.3 Å². The number of nitrogens with one attached hydrogen (secondary N) is 2. The number of rotatable bonds is 6. The van der Waals surface area contributed by atoms with Gasteiger partial charge in [0.2, 0.25) is 0 Å². The molecule has 1 unspecified atom stereocenters. The molecule has 0 radical (unpaired) electrons. The summed E-state index contributed by atoms with van der Waals surface area (Å²) in [5.41, 5.74) is -0.120. The van der Waals surface area contributed by atoms with Crippen molar-refractivity contribution in [3.8, 4) is 0 Å². The maximum atomic E-state index is 11.9. The van der Waals surface area contributed by atoms with Gasteiger partial charge in [0, 0.05) is 5.33 Å². The fourth-order valence-electron chi connectivity index (χ4n) is 1.56. The highest BCUT2D eigenvalue weighted by Gasteiger charge is 2.31. The molecule has 0 aliphatic rings. The van der Waals surface area contributed by atoms with Crippen molar-refractivity contribution in [3.63, 3.8) is 0 Å². The van der Waals surface area contributed by atoms with Crippen molar-refractivity contribution in [1.29, 1.82) is 0 Å². The minimum absolute atomic E-state index is 0.0930. The lowest BCUT2D eigenvalue weighted by Crippen LogP contribution is -2.51. The second-order valence-electron chi connectivity index (χ2n) is 4.26. The van der Waals surface area contributed by atoms with Gasteiger partial charge in [0.05, 0.1) is 12.1 Å². The van der Waals surface area contributed by atoms with Crippen LogP contribution in [0.15, 0.2) is 30.3 Å². The predicted octanol–water partition coefficient (Wildman–Crippen LogP) is 1.88. The first-order chi connectivity index (χ1) is 9.33. The summed E-state index contributed by atoms with van der Waals surface area (Å²) in [6.07, 6.45) is -1.01. The third-order valence-corrected chi connectivity index (χ3v) is 4.81. The molecule has 20 heavy (non-hydrogen) atoms.